The number of aromatic nitrogens is 2. The Bertz CT molecular complexity index is 950. The Kier molecular flexibility index (Phi) is 4.64. The molecule has 0 amide bonds. The number of pyridine rings is 1. The standard InChI is InChI=1S/C17H18FN3O2S/c18-13-5-7-14(8-6-13)24(22,23)16-12-21(11-2-1-9-19)15-4-3-10-20-17(15)16/h3-8,10,12H,1-2,9,11,19H2. The fourth-order valence-electron chi connectivity index (χ4n) is 2.64. The maximum atomic E-state index is 13.1. The molecule has 126 valence electrons. The molecule has 24 heavy (non-hydrogen) atoms. The number of nitrogens with two attached hydrogens (primary N) is 1. The highest BCUT2D eigenvalue weighted by Gasteiger charge is 2.24. The summed E-state index contributed by atoms with van der Waals surface area (Å²) in [6.45, 7) is 1.26. The van der Waals surface area contributed by atoms with Crippen molar-refractivity contribution in [2.75, 3.05) is 6.54 Å². The topological polar surface area (TPSA) is 78.0 Å². The maximum absolute atomic E-state index is 13.1. The fraction of sp³-hybridized carbons (Fsp3) is 0.235. The second-order valence-corrected chi connectivity index (χ2v) is 7.43. The average Bonchev–Trinajstić information content (AvgIpc) is 2.95. The van der Waals surface area contributed by atoms with Gasteiger partial charge in [0, 0.05) is 18.9 Å². The lowest BCUT2D eigenvalue weighted by atomic mass is 10.3. The monoisotopic (exact) mass is 347 g/mol. The first kappa shape index (κ1) is 16.6. The average molecular weight is 347 g/mol. The quantitative estimate of drug-likeness (QED) is 0.549. The molecule has 0 saturated heterocycles. The molecule has 2 heterocycles. The third-order valence-electron chi connectivity index (χ3n) is 3.87. The number of unbranched alkanes of at least 4 members (excludes halogenated alkanes) is 1. The van der Waals surface area contributed by atoms with Crippen molar-refractivity contribution in [1.82, 2.24) is 9.55 Å². The van der Waals surface area contributed by atoms with E-state index in [4.69, 9.17) is 5.73 Å². The van der Waals surface area contributed by atoms with Crippen LogP contribution < -0.4 is 5.73 Å². The van der Waals surface area contributed by atoms with Crippen LogP contribution in [0.2, 0.25) is 0 Å². The molecule has 0 aliphatic heterocycles. The highest BCUT2D eigenvalue weighted by Crippen LogP contribution is 2.29. The Morgan fingerprint density at radius 3 is 2.58 bits per heavy atom. The van der Waals surface area contributed by atoms with E-state index in [1.165, 1.54) is 12.1 Å². The molecular formula is C17H18FN3O2S. The first-order chi connectivity index (χ1) is 11.5. The van der Waals surface area contributed by atoms with Crippen LogP contribution in [-0.2, 0) is 16.4 Å². The number of halogens is 1. The van der Waals surface area contributed by atoms with Gasteiger partial charge in [0.15, 0.2) is 0 Å². The van der Waals surface area contributed by atoms with Crippen LogP contribution in [-0.4, -0.2) is 24.5 Å². The summed E-state index contributed by atoms with van der Waals surface area (Å²) in [6, 6.07) is 8.43. The fourth-order valence-corrected chi connectivity index (χ4v) is 4.07. The number of hydrogen-bond acceptors (Lipinski definition) is 4. The van der Waals surface area contributed by atoms with Crippen molar-refractivity contribution >= 4 is 20.9 Å². The van der Waals surface area contributed by atoms with Crippen LogP contribution in [0.1, 0.15) is 12.8 Å². The van der Waals surface area contributed by atoms with Crippen LogP contribution in [0.4, 0.5) is 4.39 Å². The number of rotatable bonds is 6. The van der Waals surface area contributed by atoms with Crippen LogP contribution in [0.15, 0.2) is 58.6 Å². The molecule has 0 aliphatic carbocycles. The number of sulfone groups is 1. The van der Waals surface area contributed by atoms with Gasteiger partial charge in [-0.3, -0.25) is 4.98 Å². The Hall–Kier alpha value is -2.25. The summed E-state index contributed by atoms with van der Waals surface area (Å²) >= 11 is 0. The summed E-state index contributed by atoms with van der Waals surface area (Å²) in [5.41, 5.74) is 6.70. The molecular weight excluding hydrogens is 329 g/mol. The molecule has 2 aromatic heterocycles. The second-order valence-electron chi connectivity index (χ2n) is 5.51. The van der Waals surface area contributed by atoms with Crippen molar-refractivity contribution in [3.63, 3.8) is 0 Å². The van der Waals surface area contributed by atoms with E-state index >= 15 is 0 Å². The van der Waals surface area contributed by atoms with E-state index in [0.29, 0.717) is 18.6 Å². The lowest BCUT2D eigenvalue weighted by Gasteiger charge is -2.03. The van der Waals surface area contributed by atoms with Crippen molar-refractivity contribution in [2.45, 2.75) is 29.2 Å². The minimum atomic E-state index is -3.77. The van der Waals surface area contributed by atoms with Gasteiger partial charge in [0.05, 0.1) is 10.4 Å². The van der Waals surface area contributed by atoms with E-state index in [-0.39, 0.29) is 9.79 Å². The molecule has 0 bridgehead atoms. The van der Waals surface area contributed by atoms with E-state index in [1.807, 2.05) is 10.6 Å². The molecule has 3 rings (SSSR count). The van der Waals surface area contributed by atoms with E-state index < -0.39 is 15.7 Å². The van der Waals surface area contributed by atoms with Gasteiger partial charge in [-0.05, 0) is 55.8 Å². The number of aryl methyl sites for hydroxylation is 1. The zero-order valence-electron chi connectivity index (χ0n) is 13.0. The van der Waals surface area contributed by atoms with Crippen LogP contribution in [0, 0.1) is 5.82 Å². The number of fused-ring (bicyclic) bond motifs is 1. The molecule has 0 unspecified atom stereocenters. The Morgan fingerprint density at radius 1 is 1.12 bits per heavy atom. The predicted molar refractivity (Wildman–Crippen MR) is 89.9 cm³/mol. The smallest absolute Gasteiger partial charge is 0.210 e. The zero-order chi connectivity index (χ0) is 17.2. The van der Waals surface area contributed by atoms with E-state index in [0.717, 1.165) is 30.5 Å². The van der Waals surface area contributed by atoms with E-state index in [1.54, 1.807) is 18.5 Å². The van der Waals surface area contributed by atoms with Crippen LogP contribution >= 0.6 is 0 Å². The largest absolute Gasteiger partial charge is 0.345 e. The number of benzene rings is 1. The van der Waals surface area contributed by atoms with Gasteiger partial charge in [0.25, 0.3) is 0 Å². The van der Waals surface area contributed by atoms with Crippen molar-refractivity contribution in [1.29, 1.82) is 0 Å². The molecule has 0 radical (unpaired) electrons. The molecule has 2 N–H and O–H groups in total. The molecule has 5 nitrogen and oxygen atoms in total. The molecule has 3 aromatic rings. The van der Waals surface area contributed by atoms with Gasteiger partial charge < -0.3 is 10.3 Å². The van der Waals surface area contributed by atoms with E-state index in [9.17, 15) is 12.8 Å². The van der Waals surface area contributed by atoms with Gasteiger partial charge in [-0.25, -0.2) is 12.8 Å². The zero-order valence-corrected chi connectivity index (χ0v) is 13.8. The highest BCUT2D eigenvalue weighted by atomic mass is 32.2. The molecule has 0 spiro atoms. The first-order valence-corrected chi connectivity index (χ1v) is 9.17. The summed E-state index contributed by atoms with van der Waals surface area (Å²) in [5, 5.41) is 0. The molecule has 1 aromatic carbocycles. The van der Waals surface area contributed by atoms with Crippen molar-refractivity contribution < 1.29 is 12.8 Å². The Balaban J connectivity index is 2.10. The lowest BCUT2D eigenvalue weighted by Crippen LogP contribution is -2.03. The highest BCUT2D eigenvalue weighted by molar-refractivity contribution is 7.91. The van der Waals surface area contributed by atoms with Gasteiger partial charge in [-0.2, -0.15) is 0 Å². The van der Waals surface area contributed by atoms with Crippen molar-refractivity contribution in [3.8, 4) is 0 Å². The Labute approximate surface area is 139 Å². The summed E-state index contributed by atoms with van der Waals surface area (Å²) in [4.78, 5) is 4.43. The second kappa shape index (κ2) is 6.70. The molecule has 0 saturated carbocycles. The third kappa shape index (κ3) is 3.05. The molecule has 0 atom stereocenters. The van der Waals surface area contributed by atoms with Gasteiger partial charge in [-0.15, -0.1) is 0 Å². The minimum absolute atomic E-state index is 0.0514. The van der Waals surface area contributed by atoms with Crippen LogP contribution in [0.3, 0.4) is 0 Å². The van der Waals surface area contributed by atoms with Crippen LogP contribution in [0.5, 0.6) is 0 Å². The van der Waals surface area contributed by atoms with E-state index in [2.05, 4.69) is 4.98 Å². The van der Waals surface area contributed by atoms with Gasteiger partial charge in [0.2, 0.25) is 9.84 Å². The van der Waals surface area contributed by atoms with Crippen molar-refractivity contribution in [2.24, 2.45) is 5.73 Å². The predicted octanol–water partition coefficient (Wildman–Crippen LogP) is 2.75. The molecule has 0 aliphatic rings. The van der Waals surface area contributed by atoms with Crippen molar-refractivity contribution in [3.05, 3.63) is 54.6 Å². The molecule has 0 fully saturated rings. The van der Waals surface area contributed by atoms with Gasteiger partial charge in [-0.1, -0.05) is 0 Å². The summed E-state index contributed by atoms with van der Waals surface area (Å²) < 4.78 is 40.8. The van der Waals surface area contributed by atoms with Crippen LogP contribution in [0.25, 0.3) is 11.0 Å². The number of hydrogen-bond donors (Lipinski definition) is 1. The van der Waals surface area contributed by atoms with Gasteiger partial charge in [0.1, 0.15) is 16.2 Å². The molecule has 7 heteroatoms. The van der Waals surface area contributed by atoms with Gasteiger partial charge >= 0.3 is 0 Å². The Morgan fingerprint density at radius 2 is 1.88 bits per heavy atom. The normalized spacial score (nSPS) is 11.9. The summed E-state index contributed by atoms with van der Waals surface area (Å²) in [6.07, 6.45) is 4.88. The first-order valence-electron chi connectivity index (χ1n) is 7.68. The minimum Gasteiger partial charge on any atom is -0.345 e. The lowest BCUT2D eigenvalue weighted by molar-refractivity contribution is 0.593. The third-order valence-corrected chi connectivity index (χ3v) is 5.64. The summed E-state index contributed by atoms with van der Waals surface area (Å²) in [7, 11) is -3.77. The number of nitrogens with zero attached hydrogens (tertiary/aromatic N) is 2. The SMILES string of the molecule is NCCCCn1cc(S(=O)(=O)c2ccc(F)cc2)c2ncccc21. The summed E-state index contributed by atoms with van der Waals surface area (Å²) in [5.74, 6) is -0.476. The maximum Gasteiger partial charge on any atom is 0.210 e.